The number of hydrogen-bond donors (Lipinski definition) is 1. The van der Waals surface area contributed by atoms with Crippen molar-refractivity contribution in [2.45, 2.75) is 6.92 Å². The Morgan fingerprint density at radius 1 is 1.43 bits per heavy atom. The summed E-state index contributed by atoms with van der Waals surface area (Å²) in [7, 11) is 0. The highest BCUT2D eigenvalue weighted by atomic mass is 15.5. The van der Waals surface area contributed by atoms with Crippen LogP contribution in [0.2, 0.25) is 0 Å². The zero-order chi connectivity index (χ0) is 9.80. The molecule has 5 nitrogen and oxygen atoms in total. The van der Waals surface area contributed by atoms with E-state index in [-0.39, 0.29) is 0 Å². The van der Waals surface area contributed by atoms with E-state index >= 15 is 0 Å². The van der Waals surface area contributed by atoms with E-state index in [0.29, 0.717) is 0 Å². The first kappa shape index (κ1) is 8.68. The van der Waals surface area contributed by atoms with E-state index in [2.05, 4.69) is 20.6 Å². The van der Waals surface area contributed by atoms with Gasteiger partial charge in [0.25, 0.3) is 0 Å². The summed E-state index contributed by atoms with van der Waals surface area (Å²) in [5.41, 5.74) is 0.904. The molecule has 1 N–H and O–H groups in total. The molecule has 0 bridgehead atoms. The Labute approximate surface area is 81.8 Å². The van der Waals surface area contributed by atoms with Crippen LogP contribution in [0.1, 0.15) is 6.92 Å². The van der Waals surface area contributed by atoms with Crippen molar-refractivity contribution in [1.29, 1.82) is 0 Å². The van der Waals surface area contributed by atoms with Gasteiger partial charge in [-0.3, -0.25) is 4.98 Å². The normalized spacial score (nSPS) is 10.1. The number of hydrogen-bond acceptors (Lipinski definition) is 4. The molecule has 5 heteroatoms. The first-order valence-electron chi connectivity index (χ1n) is 4.47. The second-order valence-electron chi connectivity index (χ2n) is 2.77. The second kappa shape index (κ2) is 3.87. The van der Waals surface area contributed by atoms with Gasteiger partial charge in [-0.2, -0.15) is 4.68 Å². The van der Waals surface area contributed by atoms with Crippen LogP contribution in [0.25, 0.3) is 5.69 Å². The van der Waals surface area contributed by atoms with Crippen LogP contribution in [-0.2, 0) is 0 Å². The number of aromatic nitrogens is 4. The summed E-state index contributed by atoms with van der Waals surface area (Å²) in [5, 5.41) is 11.0. The van der Waals surface area contributed by atoms with E-state index < -0.39 is 0 Å². The van der Waals surface area contributed by atoms with Gasteiger partial charge in [0.2, 0.25) is 0 Å². The first-order chi connectivity index (χ1) is 6.92. The predicted octanol–water partition coefficient (Wildman–Crippen LogP) is 1.09. The summed E-state index contributed by atoms with van der Waals surface area (Å²) < 4.78 is 1.72. The summed E-state index contributed by atoms with van der Waals surface area (Å²) in [5.74, 6) is 0.875. The first-order valence-corrected chi connectivity index (χ1v) is 4.47. The largest absolute Gasteiger partial charge is 0.369 e. The van der Waals surface area contributed by atoms with Crippen molar-refractivity contribution in [2.24, 2.45) is 0 Å². The van der Waals surface area contributed by atoms with Crippen molar-refractivity contribution < 1.29 is 0 Å². The molecule has 0 atom stereocenters. The number of rotatable bonds is 3. The number of nitrogens with zero attached hydrogens (tertiary/aromatic N) is 4. The third kappa shape index (κ3) is 1.56. The third-order valence-corrected chi connectivity index (χ3v) is 1.80. The summed E-state index contributed by atoms with van der Waals surface area (Å²) in [6, 6.07) is 3.80. The lowest BCUT2D eigenvalue weighted by Gasteiger charge is -2.05. The molecule has 0 aromatic carbocycles. The average Bonchev–Trinajstić information content (AvgIpc) is 2.68. The molecule has 2 heterocycles. The quantitative estimate of drug-likeness (QED) is 0.785. The smallest absolute Gasteiger partial charge is 0.150 e. The SMILES string of the molecule is CCNc1cnnn1-c1cccnc1. The molecular formula is C9H11N5. The number of pyridine rings is 1. The average molecular weight is 189 g/mol. The van der Waals surface area contributed by atoms with Crippen LogP contribution in [0.5, 0.6) is 0 Å². The monoisotopic (exact) mass is 189 g/mol. The number of nitrogens with one attached hydrogen (secondary N) is 1. The van der Waals surface area contributed by atoms with Gasteiger partial charge in [-0.15, -0.1) is 5.10 Å². The fourth-order valence-electron chi connectivity index (χ4n) is 1.21. The van der Waals surface area contributed by atoms with Crippen molar-refractivity contribution in [3.8, 4) is 5.69 Å². The molecule has 2 aromatic rings. The van der Waals surface area contributed by atoms with Crippen LogP contribution in [0, 0.1) is 0 Å². The molecule has 2 aromatic heterocycles. The van der Waals surface area contributed by atoms with Crippen LogP contribution < -0.4 is 5.32 Å². The predicted molar refractivity (Wildman–Crippen MR) is 53.3 cm³/mol. The Bertz CT molecular complexity index is 395. The Balaban J connectivity index is 2.37. The van der Waals surface area contributed by atoms with Gasteiger partial charge in [0.05, 0.1) is 18.1 Å². The van der Waals surface area contributed by atoms with Crippen molar-refractivity contribution in [2.75, 3.05) is 11.9 Å². The molecule has 0 aliphatic carbocycles. The van der Waals surface area contributed by atoms with Crippen LogP contribution in [-0.4, -0.2) is 26.5 Å². The van der Waals surface area contributed by atoms with E-state index in [4.69, 9.17) is 0 Å². The van der Waals surface area contributed by atoms with Gasteiger partial charge in [-0.05, 0) is 19.1 Å². The maximum Gasteiger partial charge on any atom is 0.150 e. The maximum absolute atomic E-state index is 4.03. The minimum absolute atomic E-state index is 0.841. The lowest BCUT2D eigenvalue weighted by molar-refractivity contribution is 0.801. The standard InChI is InChI=1S/C9H11N5/c1-2-11-9-7-12-13-14(9)8-4-3-5-10-6-8/h3-7,11H,2H2,1H3. The molecule has 0 unspecified atom stereocenters. The molecule has 0 aliphatic rings. The Hall–Kier alpha value is -1.91. The summed E-state index contributed by atoms with van der Waals surface area (Å²) >= 11 is 0. The fourth-order valence-corrected chi connectivity index (χ4v) is 1.21. The molecular weight excluding hydrogens is 178 g/mol. The van der Waals surface area contributed by atoms with Gasteiger partial charge in [0.15, 0.2) is 0 Å². The van der Waals surface area contributed by atoms with Gasteiger partial charge in [0, 0.05) is 12.7 Å². The van der Waals surface area contributed by atoms with E-state index in [9.17, 15) is 0 Å². The molecule has 14 heavy (non-hydrogen) atoms. The zero-order valence-electron chi connectivity index (χ0n) is 7.88. The third-order valence-electron chi connectivity index (χ3n) is 1.80. The molecule has 0 fully saturated rings. The summed E-state index contributed by atoms with van der Waals surface area (Å²) in [6.07, 6.45) is 5.17. The zero-order valence-corrected chi connectivity index (χ0v) is 7.88. The van der Waals surface area contributed by atoms with Crippen molar-refractivity contribution >= 4 is 5.82 Å². The molecule has 72 valence electrons. The van der Waals surface area contributed by atoms with E-state index in [1.54, 1.807) is 23.3 Å². The summed E-state index contributed by atoms with van der Waals surface area (Å²) in [6.45, 7) is 2.87. The van der Waals surface area contributed by atoms with Crippen LogP contribution >= 0.6 is 0 Å². The Morgan fingerprint density at radius 2 is 2.36 bits per heavy atom. The molecule has 0 radical (unpaired) electrons. The van der Waals surface area contributed by atoms with E-state index in [1.807, 2.05) is 19.1 Å². The van der Waals surface area contributed by atoms with Gasteiger partial charge < -0.3 is 5.32 Å². The molecule has 0 aliphatic heterocycles. The minimum Gasteiger partial charge on any atom is -0.369 e. The molecule has 2 rings (SSSR count). The van der Waals surface area contributed by atoms with Crippen molar-refractivity contribution in [1.82, 2.24) is 20.0 Å². The maximum atomic E-state index is 4.03. The molecule has 0 saturated heterocycles. The van der Waals surface area contributed by atoms with Crippen LogP contribution in [0.3, 0.4) is 0 Å². The van der Waals surface area contributed by atoms with Crippen molar-refractivity contribution in [3.63, 3.8) is 0 Å². The molecule has 0 amide bonds. The Morgan fingerprint density at radius 3 is 3.07 bits per heavy atom. The topological polar surface area (TPSA) is 55.6 Å². The van der Waals surface area contributed by atoms with Gasteiger partial charge in [-0.25, -0.2) is 0 Å². The number of anilines is 1. The van der Waals surface area contributed by atoms with Gasteiger partial charge >= 0.3 is 0 Å². The Kier molecular flexibility index (Phi) is 2.40. The minimum atomic E-state index is 0.841. The van der Waals surface area contributed by atoms with Crippen molar-refractivity contribution in [3.05, 3.63) is 30.7 Å². The van der Waals surface area contributed by atoms with Crippen LogP contribution in [0.15, 0.2) is 30.7 Å². The highest BCUT2D eigenvalue weighted by Crippen LogP contribution is 2.10. The summed E-state index contributed by atoms with van der Waals surface area (Å²) in [4.78, 5) is 4.03. The fraction of sp³-hybridized carbons (Fsp3) is 0.222. The lowest BCUT2D eigenvalue weighted by atomic mass is 10.4. The van der Waals surface area contributed by atoms with E-state index in [0.717, 1.165) is 18.1 Å². The van der Waals surface area contributed by atoms with Gasteiger partial charge in [-0.1, -0.05) is 5.21 Å². The van der Waals surface area contributed by atoms with Crippen LogP contribution in [0.4, 0.5) is 5.82 Å². The highest BCUT2D eigenvalue weighted by molar-refractivity contribution is 5.41. The highest BCUT2D eigenvalue weighted by Gasteiger charge is 2.03. The molecule has 0 spiro atoms. The van der Waals surface area contributed by atoms with E-state index in [1.165, 1.54) is 0 Å². The van der Waals surface area contributed by atoms with Gasteiger partial charge in [0.1, 0.15) is 5.82 Å². The lowest BCUT2D eigenvalue weighted by Crippen LogP contribution is -2.05. The second-order valence-corrected chi connectivity index (χ2v) is 2.77. The molecule has 0 saturated carbocycles.